The molecule has 1 amide bonds. The van der Waals surface area contributed by atoms with Crippen molar-refractivity contribution in [2.24, 2.45) is 5.73 Å². The number of benzene rings is 2. The van der Waals surface area contributed by atoms with Crippen molar-refractivity contribution < 1.29 is 14.3 Å². The molecule has 0 heterocycles. The highest BCUT2D eigenvalue weighted by molar-refractivity contribution is 6.30. The van der Waals surface area contributed by atoms with Crippen LogP contribution in [-0.2, 0) is 4.79 Å². The van der Waals surface area contributed by atoms with E-state index >= 15 is 0 Å². The van der Waals surface area contributed by atoms with E-state index in [9.17, 15) is 14.3 Å². The average Bonchev–Trinajstić information content (AvgIpc) is 2.34. The van der Waals surface area contributed by atoms with Gasteiger partial charge in [-0.15, -0.1) is 0 Å². The van der Waals surface area contributed by atoms with Gasteiger partial charge in [0.2, 0.25) is 5.91 Å². The Morgan fingerprint density at radius 1 is 1.30 bits per heavy atom. The van der Waals surface area contributed by atoms with Crippen LogP contribution in [0.5, 0.6) is 5.75 Å². The Balaban J connectivity index is 2.34. The van der Waals surface area contributed by atoms with E-state index in [0.717, 1.165) is 12.1 Å². The quantitative estimate of drug-likeness (QED) is 0.811. The Hall–Kier alpha value is -2.27. The molecule has 0 aliphatic rings. The number of nitrogens with two attached hydrogens (primary N) is 1. The van der Waals surface area contributed by atoms with Crippen LogP contribution < -0.4 is 11.1 Å². The molecule has 4 nitrogen and oxygen atoms in total. The van der Waals surface area contributed by atoms with Gasteiger partial charge in [-0.3, -0.25) is 4.79 Å². The second kappa shape index (κ2) is 5.79. The molecule has 0 bridgehead atoms. The molecule has 4 N–H and O–H groups in total. The van der Waals surface area contributed by atoms with Crippen molar-refractivity contribution in [2.75, 3.05) is 5.32 Å². The minimum absolute atomic E-state index is 0.231. The highest BCUT2D eigenvalue weighted by atomic mass is 35.5. The summed E-state index contributed by atoms with van der Waals surface area (Å²) < 4.78 is 13.3. The van der Waals surface area contributed by atoms with Crippen LogP contribution in [0.1, 0.15) is 11.6 Å². The summed E-state index contributed by atoms with van der Waals surface area (Å²) in [7, 11) is 0. The van der Waals surface area contributed by atoms with Crippen LogP contribution in [0.3, 0.4) is 0 Å². The molecule has 0 aromatic heterocycles. The number of anilines is 1. The van der Waals surface area contributed by atoms with Crippen LogP contribution in [0.15, 0.2) is 42.5 Å². The van der Waals surface area contributed by atoms with Crippen molar-refractivity contribution in [1.82, 2.24) is 0 Å². The molecule has 1 atom stereocenters. The van der Waals surface area contributed by atoms with Crippen LogP contribution in [0.2, 0.25) is 5.02 Å². The molecular formula is C14H12ClFN2O2. The molecule has 0 saturated heterocycles. The van der Waals surface area contributed by atoms with E-state index in [1.807, 2.05) is 0 Å². The fraction of sp³-hybridized carbons (Fsp3) is 0.0714. The summed E-state index contributed by atoms with van der Waals surface area (Å²) in [5.74, 6) is -1.63. The fourth-order valence-electron chi connectivity index (χ4n) is 1.83. The topological polar surface area (TPSA) is 75.4 Å². The number of halogens is 2. The number of hydrogen-bond donors (Lipinski definition) is 3. The summed E-state index contributed by atoms with van der Waals surface area (Å²) in [5.41, 5.74) is 6.11. The van der Waals surface area contributed by atoms with E-state index in [1.165, 1.54) is 6.07 Å². The second-order valence-electron chi connectivity index (χ2n) is 4.23. The highest BCUT2D eigenvalue weighted by Crippen LogP contribution is 2.25. The molecule has 6 heteroatoms. The van der Waals surface area contributed by atoms with E-state index in [0.29, 0.717) is 10.7 Å². The van der Waals surface area contributed by atoms with Crippen LogP contribution in [-0.4, -0.2) is 11.0 Å². The van der Waals surface area contributed by atoms with Gasteiger partial charge in [0.1, 0.15) is 17.6 Å². The summed E-state index contributed by atoms with van der Waals surface area (Å²) in [4.78, 5) is 11.5. The van der Waals surface area contributed by atoms with Crippen molar-refractivity contribution >= 4 is 23.2 Å². The molecule has 0 radical (unpaired) electrons. The van der Waals surface area contributed by atoms with Crippen LogP contribution >= 0.6 is 11.6 Å². The van der Waals surface area contributed by atoms with Gasteiger partial charge < -0.3 is 16.2 Å². The molecule has 0 aliphatic carbocycles. The minimum atomic E-state index is -0.977. The summed E-state index contributed by atoms with van der Waals surface area (Å²) in [5, 5.41) is 12.7. The lowest BCUT2D eigenvalue weighted by molar-refractivity contribution is -0.118. The molecule has 1 unspecified atom stereocenters. The normalized spacial score (nSPS) is 11.9. The number of phenolic OH excluding ortho intramolecular Hbond substituents is 1. The standard InChI is InChI=1S/C14H12ClFN2O2/c15-9-2-1-3-11(6-9)18-13(14(17)20)8-4-10(16)7-12(19)5-8/h1-7,13,18-19H,(H2,17,20). The number of hydrogen-bond acceptors (Lipinski definition) is 3. The third-order valence-corrected chi connectivity index (χ3v) is 2.89. The van der Waals surface area contributed by atoms with Crippen molar-refractivity contribution in [1.29, 1.82) is 0 Å². The molecule has 0 aliphatic heterocycles. The predicted octanol–water partition coefficient (Wildman–Crippen LogP) is 2.82. The summed E-state index contributed by atoms with van der Waals surface area (Å²) >= 11 is 5.85. The first-order chi connectivity index (χ1) is 9.45. The number of carbonyl (C=O) groups is 1. The third kappa shape index (κ3) is 3.39. The molecule has 104 valence electrons. The highest BCUT2D eigenvalue weighted by Gasteiger charge is 2.19. The Kier molecular flexibility index (Phi) is 4.10. The number of primary amides is 1. The van der Waals surface area contributed by atoms with E-state index in [2.05, 4.69) is 5.32 Å². The largest absolute Gasteiger partial charge is 0.508 e. The molecule has 2 aromatic carbocycles. The number of nitrogens with one attached hydrogen (secondary N) is 1. The first-order valence-electron chi connectivity index (χ1n) is 5.76. The van der Waals surface area contributed by atoms with E-state index in [4.69, 9.17) is 17.3 Å². The fourth-order valence-corrected chi connectivity index (χ4v) is 2.02. The Morgan fingerprint density at radius 2 is 2.05 bits per heavy atom. The van der Waals surface area contributed by atoms with Gasteiger partial charge >= 0.3 is 0 Å². The monoisotopic (exact) mass is 294 g/mol. The van der Waals surface area contributed by atoms with Gasteiger partial charge in [-0.2, -0.15) is 0 Å². The minimum Gasteiger partial charge on any atom is -0.508 e. The van der Waals surface area contributed by atoms with Gasteiger partial charge in [-0.1, -0.05) is 17.7 Å². The third-order valence-electron chi connectivity index (χ3n) is 2.66. The lowest BCUT2D eigenvalue weighted by atomic mass is 10.1. The number of aromatic hydroxyl groups is 1. The van der Waals surface area contributed by atoms with Gasteiger partial charge in [0.15, 0.2) is 0 Å². The zero-order valence-electron chi connectivity index (χ0n) is 10.3. The maximum Gasteiger partial charge on any atom is 0.244 e. The Bertz CT molecular complexity index is 629. The summed E-state index contributed by atoms with van der Waals surface area (Å²) in [6, 6.07) is 9.06. The molecule has 2 rings (SSSR count). The van der Waals surface area contributed by atoms with E-state index in [1.54, 1.807) is 24.3 Å². The molecule has 0 saturated carbocycles. The zero-order chi connectivity index (χ0) is 14.7. The maximum atomic E-state index is 13.3. The van der Waals surface area contributed by atoms with Gasteiger partial charge in [-0.25, -0.2) is 4.39 Å². The predicted molar refractivity (Wildman–Crippen MR) is 75.1 cm³/mol. The Morgan fingerprint density at radius 3 is 2.65 bits per heavy atom. The zero-order valence-corrected chi connectivity index (χ0v) is 11.1. The van der Waals surface area contributed by atoms with Gasteiger partial charge in [-0.05, 0) is 35.9 Å². The van der Waals surface area contributed by atoms with Crippen molar-refractivity contribution in [3.8, 4) is 5.75 Å². The molecule has 2 aromatic rings. The lowest BCUT2D eigenvalue weighted by Gasteiger charge is -2.17. The van der Waals surface area contributed by atoms with Crippen LogP contribution in [0.4, 0.5) is 10.1 Å². The number of amides is 1. The second-order valence-corrected chi connectivity index (χ2v) is 4.67. The van der Waals surface area contributed by atoms with Crippen LogP contribution in [0.25, 0.3) is 0 Å². The summed E-state index contributed by atoms with van der Waals surface area (Å²) in [6.45, 7) is 0. The molecule has 20 heavy (non-hydrogen) atoms. The van der Waals surface area contributed by atoms with Crippen LogP contribution in [0, 0.1) is 5.82 Å². The summed E-state index contributed by atoms with van der Waals surface area (Å²) in [6.07, 6.45) is 0. The molecular weight excluding hydrogens is 283 g/mol. The SMILES string of the molecule is NC(=O)C(Nc1cccc(Cl)c1)c1cc(O)cc(F)c1. The van der Waals surface area contributed by atoms with Crippen molar-refractivity contribution in [3.63, 3.8) is 0 Å². The Labute approximate surface area is 120 Å². The maximum absolute atomic E-state index is 13.3. The number of rotatable bonds is 4. The average molecular weight is 295 g/mol. The number of carbonyl (C=O) groups excluding carboxylic acids is 1. The van der Waals surface area contributed by atoms with Crippen molar-refractivity contribution in [3.05, 3.63) is 58.9 Å². The first kappa shape index (κ1) is 14.1. The van der Waals surface area contributed by atoms with Gasteiger partial charge in [0.05, 0.1) is 0 Å². The smallest absolute Gasteiger partial charge is 0.244 e. The van der Waals surface area contributed by atoms with E-state index in [-0.39, 0.29) is 11.3 Å². The van der Waals surface area contributed by atoms with Gasteiger partial charge in [0.25, 0.3) is 0 Å². The van der Waals surface area contributed by atoms with Crippen molar-refractivity contribution in [2.45, 2.75) is 6.04 Å². The molecule has 0 spiro atoms. The van der Waals surface area contributed by atoms with Gasteiger partial charge in [0, 0.05) is 16.8 Å². The molecule has 0 fully saturated rings. The van der Waals surface area contributed by atoms with E-state index < -0.39 is 17.8 Å². The lowest BCUT2D eigenvalue weighted by Crippen LogP contribution is -2.27. The number of phenols is 1. The first-order valence-corrected chi connectivity index (χ1v) is 6.14.